The van der Waals surface area contributed by atoms with Gasteiger partial charge in [0.15, 0.2) is 11.5 Å². The monoisotopic (exact) mass is 251 g/mol. The van der Waals surface area contributed by atoms with Crippen molar-refractivity contribution in [2.45, 2.75) is 31.8 Å². The van der Waals surface area contributed by atoms with Crippen molar-refractivity contribution in [2.24, 2.45) is 0 Å². The minimum absolute atomic E-state index is 0.264. The van der Waals surface area contributed by atoms with Crippen LogP contribution in [0.1, 0.15) is 25.1 Å². The fraction of sp³-hybridized carbons (Fsp3) is 0.500. The topological polar surface area (TPSA) is 39.4 Å². The van der Waals surface area contributed by atoms with Crippen LogP contribution >= 0.6 is 11.6 Å². The van der Waals surface area contributed by atoms with Crippen LogP contribution in [0.3, 0.4) is 0 Å². The minimum atomic E-state index is 0.264. The highest BCUT2D eigenvalue weighted by Gasteiger charge is 2.17. The first kappa shape index (κ1) is 11.0. The summed E-state index contributed by atoms with van der Waals surface area (Å²) < 4.78 is 7.35. The average molecular weight is 252 g/mol. The molecule has 0 aliphatic carbocycles. The SMILES string of the molecule is Clc1cccc2nc(CC3CCCCO3)nn12. The van der Waals surface area contributed by atoms with Crippen LogP contribution < -0.4 is 0 Å². The van der Waals surface area contributed by atoms with Crippen molar-refractivity contribution in [3.05, 3.63) is 29.2 Å². The van der Waals surface area contributed by atoms with Gasteiger partial charge in [-0.1, -0.05) is 17.7 Å². The van der Waals surface area contributed by atoms with E-state index in [0.717, 1.165) is 30.9 Å². The molecule has 1 unspecified atom stereocenters. The lowest BCUT2D eigenvalue weighted by Gasteiger charge is -2.20. The molecular weight excluding hydrogens is 238 g/mol. The number of nitrogens with zero attached hydrogens (tertiary/aromatic N) is 3. The maximum atomic E-state index is 6.04. The summed E-state index contributed by atoms with van der Waals surface area (Å²) in [6, 6.07) is 5.60. The van der Waals surface area contributed by atoms with Gasteiger partial charge in [0, 0.05) is 13.0 Å². The molecule has 0 radical (unpaired) electrons. The maximum absolute atomic E-state index is 6.04. The van der Waals surface area contributed by atoms with Crippen LogP contribution in [0.2, 0.25) is 5.15 Å². The lowest BCUT2D eigenvalue weighted by molar-refractivity contribution is 0.0157. The predicted molar refractivity (Wildman–Crippen MR) is 65.3 cm³/mol. The molecule has 5 heteroatoms. The third-order valence-electron chi connectivity index (χ3n) is 3.04. The summed E-state index contributed by atoms with van der Waals surface area (Å²) in [5, 5.41) is 4.99. The first-order valence-corrected chi connectivity index (χ1v) is 6.32. The molecule has 1 atom stereocenters. The molecule has 1 fully saturated rings. The quantitative estimate of drug-likeness (QED) is 0.770. The second kappa shape index (κ2) is 4.63. The number of aromatic nitrogens is 3. The minimum Gasteiger partial charge on any atom is -0.378 e. The fourth-order valence-electron chi connectivity index (χ4n) is 2.18. The zero-order valence-corrected chi connectivity index (χ0v) is 10.2. The molecule has 2 aromatic heterocycles. The van der Waals surface area contributed by atoms with Gasteiger partial charge in [0.25, 0.3) is 0 Å². The molecule has 0 spiro atoms. The summed E-state index contributed by atoms with van der Waals surface area (Å²) in [6.45, 7) is 0.860. The zero-order valence-electron chi connectivity index (χ0n) is 9.47. The molecule has 0 bridgehead atoms. The van der Waals surface area contributed by atoms with Gasteiger partial charge in [-0.25, -0.2) is 9.50 Å². The summed E-state index contributed by atoms with van der Waals surface area (Å²) in [6.07, 6.45) is 4.54. The normalized spacial score (nSPS) is 20.9. The molecule has 1 saturated heterocycles. The molecule has 0 saturated carbocycles. The maximum Gasteiger partial charge on any atom is 0.157 e. The van der Waals surface area contributed by atoms with E-state index in [4.69, 9.17) is 16.3 Å². The van der Waals surface area contributed by atoms with Gasteiger partial charge < -0.3 is 4.74 Å². The average Bonchev–Trinajstić information content (AvgIpc) is 2.74. The number of rotatable bonds is 2. The third kappa shape index (κ3) is 2.28. The van der Waals surface area contributed by atoms with Gasteiger partial charge in [-0.2, -0.15) is 0 Å². The Morgan fingerprint density at radius 2 is 2.35 bits per heavy atom. The number of fused-ring (bicyclic) bond motifs is 1. The van der Waals surface area contributed by atoms with E-state index in [2.05, 4.69) is 10.1 Å². The lowest BCUT2D eigenvalue weighted by Crippen LogP contribution is -2.21. The molecular formula is C12H14ClN3O. The Morgan fingerprint density at radius 3 is 3.12 bits per heavy atom. The van der Waals surface area contributed by atoms with Gasteiger partial charge in [-0.3, -0.25) is 0 Å². The second-order valence-electron chi connectivity index (χ2n) is 4.34. The predicted octanol–water partition coefficient (Wildman–Crippen LogP) is 2.49. The summed E-state index contributed by atoms with van der Waals surface area (Å²) in [5.41, 5.74) is 0.795. The number of hydrogen-bond acceptors (Lipinski definition) is 3. The summed E-state index contributed by atoms with van der Waals surface area (Å²) in [5.74, 6) is 0.810. The van der Waals surface area contributed by atoms with Crippen molar-refractivity contribution in [1.82, 2.24) is 14.6 Å². The Kier molecular flexibility index (Phi) is 2.99. The van der Waals surface area contributed by atoms with E-state index in [1.807, 2.05) is 18.2 Å². The summed E-state index contributed by atoms with van der Waals surface area (Å²) in [4.78, 5) is 4.46. The second-order valence-corrected chi connectivity index (χ2v) is 4.73. The molecule has 0 amide bonds. The van der Waals surface area contributed by atoms with Crippen LogP contribution in [0.5, 0.6) is 0 Å². The molecule has 0 aromatic carbocycles. The van der Waals surface area contributed by atoms with Crippen LogP contribution in [-0.4, -0.2) is 27.3 Å². The standard InChI is InChI=1S/C12H14ClN3O/c13-10-5-3-6-12-14-11(15-16(10)12)8-9-4-1-2-7-17-9/h3,5-6,9H,1-2,4,7-8H2. The van der Waals surface area contributed by atoms with E-state index in [-0.39, 0.29) is 6.10 Å². The number of ether oxygens (including phenoxy) is 1. The van der Waals surface area contributed by atoms with Crippen LogP contribution in [0.4, 0.5) is 0 Å². The van der Waals surface area contributed by atoms with Crippen molar-refractivity contribution < 1.29 is 4.74 Å². The summed E-state index contributed by atoms with van der Waals surface area (Å²) in [7, 11) is 0. The van der Waals surface area contributed by atoms with Crippen molar-refractivity contribution in [3.63, 3.8) is 0 Å². The highest BCUT2D eigenvalue weighted by atomic mass is 35.5. The van der Waals surface area contributed by atoms with Crippen LogP contribution in [0, 0.1) is 0 Å². The highest BCUT2D eigenvalue weighted by Crippen LogP contribution is 2.17. The van der Waals surface area contributed by atoms with E-state index in [0.29, 0.717) is 5.15 Å². The lowest BCUT2D eigenvalue weighted by atomic mass is 10.1. The van der Waals surface area contributed by atoms with Crippen molar-refractivity contribution >= 4 is 17.2 Å². The molecule has 0 N–H and O–H groups in total. The molecule has 2 aromatic rings. The largest absolute Gasteiger partial charge is 0.378 e. The molecule has 90 valence electrons. The van der Waals surface area contributed by atoms with Crippen LogP contribution in [0.25, 0.3) is 5.65 Å². The van der Waals surface area contributed by atoms with Crippen LogP contribution in [0.15, 0.2) is 18.2 Å². The van der Waals surface area contributed by atoms with Crippen LogP contribution in [-0.2, 0) is 11.2 Å². The Balaban J connectivity index is 1.83. The zero-order chi connectivity index (χ0) is 11.7. The summed E-state index contributed by atoms with van der Waals surface area (Å²) >= 11 is 6.04. The third-order valence-corrected chi connectivity index (χ3v) is 3.33. The number of hydrogen-bond donors (Lipinski definition) is 0. The first-order valence-electron chi connectivity index (χ1n) is 5.95. The smallest absolute Gasteiger partial charge is 0.157 e. The van der Waals surface area contributed by atoms with E-state index in [1.165, 1.54) is 12.8 Å². The van der Waals surface area contributed by atoms with Gasteiger partial charge in [-0.05, 0) is 31.4 Å². The Hall–Kier alpha value is -1.13. The number of halogens is 1. The molecule has 4 nitrogen and oxygen atoms in total. The molecule has 17 heavy (non-hydrogen) atoms. The molecule has 1 aliphatic rings. The molecule has 3 rings (SSSR count). The Morgan fingerprint density at radius 1 is 1.41 bits per heavy atom. The Labute approximate surface area is 105 Å². The van der Waals surface area contributed by atoms with E-state index in [9.17, 15) is 0 Å². The van der Waals surface area contributed by atoms with Gasteiger partial charge in [0.05, 0.1) is 6.10 Å². The van der Waals surface area contributed by atoms with Crippen molar-refractivity contribution in [1.29, 1.82) is 0 Å². The molecule has 1 aliphatic heterocycles. The van der Waals surface area contributed by atoms with E-state index >= 15 is 0 Å². The Bertz CT molecular complexity index is 519. The fourth-order valence-corrected chi connectivity index (χ4v) is 2.37. The van der Waals surface area contributed by atoms with Gasteiger partial charge in [-0.15, -0.1) is 5.10 Å². The van der Waals surface area contributed by atoms with Crippen molar-refractivity contribution in [3.8, 4) is 0 Å². The number of pyridine rings is 1. The van der Waals surface area contributed by atoms with E-state index < -0.39 is 0 Å². The van der Waals surface area contributed by atoms with Gasteiger partial charge in [0.2, 0.25) is 0 Å². The molecule has 3 heterocycles. The highest BCUT2D eigenvalue weighted by molar-refractivity contribution is 6.29. The van der Waals surface area contributed by atoms with Crippen molar-refractivity contribution in [2.75, 3.05) is 6.61 Å². The van der Waals surface area contributed by atoms with Gasteiger partial charge in [0.1, 0.15) is 5.15 Å². The van der Waals surface area contributed by atoms with Gasteiger partial charge >= 0.3 is 0 Å². The first-order chi connectivity index (χ1) is 8.33. The van der Waals surface area contributed by atoms with E-state index in [1.54, 1.807) is 4.52 Å².